The highest BCUT2D eigenvalue weighted by atomic mass is 19.4. The largest absolute Gasteiger partial charge is 0.481 e. The molecule has 1 fully saturated rings. The fourth-order valence-electron chi connectivity index (χ4n) is 5.20. The van der Waals surface area contributed by atoms with E-state index < -0.39 is 17.7 Å². The maximum Gasteiger partial charge on any atom is 0.418 e. The number of carbonyl (C=O) groups is 1. The Morgan fingerprint density at radius 3 is 2.35 bits per heavy atom. The zero-order valence-corrected chi connectivity index (χ0v) is 20.7. The summed E-state index contributed by atoms with van der Waals surface area (Å²) in [5.41, 5.74) is 4.74. The third-order valence-electron chi connectivity index (χ3n) is 7.24. The number of benzene rings is 3. The lowest BCUT2D eigenvalue weighted by molar-refractivity contribution is -0.142. The zero-order valence-electron chi connectivity index (χ0n) is 20.7. The van der Waals surface area contributed by atoms with Crippen LogP contribution in [0.2, 0.25) is 0 Å². The number of halogens is 3. The maximum absolute atomic E-state index is 13.8. The van der Waals surface area contributed by atoms with Gasteiger partial charge >= 0.3 is 12.1 Å². The highest BCUT2D eigenvalue weighted by Gasteiger charge is 2.34. The van der Waals surface area contributed by atoms with Crippen LogP contribution in [0.3, 0.4) is 0 Å². The Hall–Kier alpha value is -3.81. The van der Waals surface area contributed by atoms with Gasteiger partial charge in [0, 0.05) is 29.7 Å². The van der Waals surface area contributed by atoms with Crippen LogP contribution in [-0.2, 0) is 17.5 Å². The molecule has 192 valence electrons. The molecule has 37 heavy (non-hydrogen) atoms. The van der Waals surface area contributed by atoms with Crippen molar-refractivity contribution in [3.05, 3.63) is 82.9 Å². The van der Waals surface area contributed by atoms with E-state index in [1.807, 2.05) is 50.2 Å². The smallest absolute Gasteiger partial charge is 0.418 e. The topological polar surface area (TPSA) is 58.4 Å². The predicted octanol–water partition coefficient (Wildman–Crippen LogP) is 6.69. The van der Waals surface area contributed by atoms with Crippen LogP contribution in [0.25, 0.3) is 22.2 Å². The normalized spacial score (nSPS) is 14.9. The molecule has 1 N–H and O–H groups in total. The molecular formula is C29H28F3N3O2. The van der Waals surface area contributed by atoms with Crippen molar-refractivity contribution in [3.63, 3.8) is 0 Å². The van der Waals surface area contributed by atoms with Gasteiger partial charge in [0.05, 0.1) is 23.7 Å². The highest BCUT2D eigenvalue weighted by molar-refractivity contribution is 5.95. The summed E-state index contributed by atoms with van der Waals surface area (Å²) in [4.78, 5) is 13.4. The van der Waals surface area contributed by atoms with Crippen LogP contribution in [-0.4, -0.2) is 33.9 Å². The summed E-state index contributed by atoms with van der Waals surface area (Å²) in [5, 5.41) is 14.2. The van der Waals surface area contributed by atoms with Crippen molar-refractivity contribution in [2.45, 2.75) is 39.4 Å². The van der Waals surface area contributed by atoms with Crippen LogP contribution in [0.15, 0.2) is 60.7 Å². The number of hydrogen-bond acceptors (Lipinski definition) is 3. The SMILES string of the molecule is Cc1ccc(Cn2nc3c(C(F)(F)F)cccc3c2-c2ccc(N3CCC(C(=O)O)CC3)cc2)c(C)c1. The van der Waals surface area contributed by atoms with E-state index >= 15 is 0 Å². The van der Waals surface area contributed by atoms with Gasteiger partial charge in [-0.1, -0.05) is 48.0 Å². The first-order valence-corrected chi connectivity index (χ1v) is 12.3. The second-order valence-electron chi connectivity index (χ2n) is 9.78. The number of carboxylic acid groups (broad SMARTS) is 1. The average molecular weight is 508 g/mol. The Morgan fingerprint density at radius 2 is 1.73 bits per heavy atom. The molecule has 4 aromatic rings. The summed E-state index contributed by atoms with van der Waals surface area (Å²) in [7, 11) is 0. The molecule has 1 aliphatic heterocycles. The number of rotatable bonds is 5. The third-order valence-corrected chi connectivity index (χ3v) is 7.24. The molecule has 0 bridgehead atoms. The Bertz CT molecular complexity index is 1450. The number of alkyl halides is 3. The number of carboxylic acids is 1. The van der Waals surface area contributed by atoms with Gasteiger partial charge in [-0.2, -0.15) is 18.3 Å². The van der Waals surface area contributed by atoms with Crippen molar-refractivity contribution in [3.8, 4) is 11.3 Å². The van der Waals surface area contributed by atoms with Crippen LogP contribution in [0.4, 0.5) is 18.9 Å². The molecule has 1 aromatic heterocycles. The third kappa shape index (κ3) is 4.92. The van der Waals surface area contributed by atoms with Gasteiger partial charge in [0.1, 0.15) is 5.52 Å². The molecule has 1 saturated heterocycles. The van der Waals surface area contributed by atoms with Gasteiger partial charge in [0.25, 0.3) is 0 Å². The minimum absolute atomic E-state index is 0.0606. The standard InChI is InChI=1S/C29H28F3N3O2/c1-18-6-7-22(19(2)16-18)17-35-27(24-4-3-5-25(26(24)33-35)29(30,31)32)20-8-10-23(11-9-20)34-14-12-21(13-15-34)28(36)37/h3-11,16,21H,12-15,17H2,1-2H3,(H,36,37). The van der Waals surface area contributed by atoms with Gasteiger partial charge in [-0.25, -0.2) is 0 Å². The first-order chi connectivity index (χ1) is 17.6. The Balaban J connectivity index is 1.55. The van der Waals surface area contributed by atoms with Crippen molar-refractivity contribution in [1.29, 1.82) is 0 Å². The van der Waals surface area contributed by atoms with Crippen LogP contribution in [0.5, 0.6) is 0 Å². The number of nitrogens with zero attached hydrogens (tertiary/aromatic N) is 3. The van der Waals surface area contributed by atoms with E-state index in [2.05, 4.69) is 16.1 Å². The second kappa shape index (κ2) is 9.57. The van der Waals surface area contributed by atoms with Gasteiger partial charge in [-0.15, -0.1) is 0 Å². The lowest BCUT2D eigenvalue weighted by atomic mass is 9.96. The average Bonchev–Trinajstić information content (AvgIpc) is 3.23. The Morgan fingerprint density at radius 1 is 1.03 bits per heavy atom. The lowest BCUT2D eigenvalue weighted by Gasteiger charge is -2.32. The van der Waals surface area contributed by atoms with E-state index in [-0.39, 0.29) is 11.4 Å². The highest BCUT2D eigenvalue weighted by Crippen LogP contribution is 2.38. The van der Waals surface area contributed by atoms with E-state index in [1.54, 1.807) is 10.7 Å². The molecule has 0 unspecified atom stereocenters. The zero-order chi connectivity index (χ0) is 26.3. The lowest BCUT2D eigenvalue weighted by Crippen LogP contribution is -2.36. The van der Waals surface area contributed by atoms with Gasteiger partial charge < -0.3 is 10.0 Å². The first-order valence-electron chi connectivity index (χ1n) is 12.3. The molecule has 0 amide bonds. The number of aliphatic carboxylic acids is 1. The van der Waals surface area contributed by atoms with E-state index in [9.17, 15) is 23.1 Å². The summed E-state index contributed by atoms with van der Waals surface area (Å²) in [6, 6.07) is 18.0. The molecule has 1 aliphatic rings. The number of aryl methyl sites for hydroxylation is 2. The number of aromatic nitrogens is 2. The van der Waals surface area contributed by atoms with Crippen molar-refractivity contribution in [2.24, 2.45) is 5.92 Å². The fraction of sp³-hybridized carbons (Fsp3) is 0.310. The van der Waals surface area contributed by atoms with Crippen LogP contribution < -0.4 is 4.90 Å². The fourth-order valence-corrected chi connectivity index (χ4v) is 5.20. The van der Waals surface area contributed by atoms with Crippen LogP contribution in [0, 0.1) is 19.8 Å². The second-order valence-corrected chi connectivity index (χ2v) is 9.78. The summed E-state index contributed by atoms with van der Waals surface area (Å²) < 4.78 is 43.2. The number of hydrogen-bond donors (Lipinski definition) is 1. The van der Waals surface area contributed by atoms with Crippen molar-refractivity contribution in [1.82, 2.24) is 9.78 Å². The summed E-state index contributed by atoms with van der Waals surface area (Å²) >= 11 is 0. The summed E-state index contributed by atoms with van der Waals surface area (Å²) in [5.74, 6) is -1.07. The van der Waals surface area contributed by atoms with Gasteiger partial charge in [-0.3, -0.25) is 9.48 Å². The summed E-state index contributed by atoms with van der Waals surface area (Å²) in [6.45, 7) is 5.65. The molecule has 5 nitrogen and oxygen atoms in total. The molecule has 5 rings (SSSR count). The molecular weight excluding hydrogens is 479 g/mol. The van der Waals surface area contributed by atoms with Crippen molar-refractivity contribution in [2.75, 3.05) is 18.0 Å². The number of fused-ring (bicyclic) bond motifs is 1. The quantitative estimate of drug-likeness (QED) is 0.327. The maximum atomic E-state index is 13.8. The number of anilines is 1. The molecule has 2 heterocycles. The molecule has 0 spiro atoms. The van der Waals surface area contributed by atoms with Gasteiger partial charge in [-0.05, 0) is 56.0 Å². The van der Waals surface area contributed by atoms with Crippen molar-refractivity contribution < 1.29 is 23.1 Å². The molecule has 8 heteroatoms. The molecule has 0 saturated carbocycles. The molecule has 0 radical (unpaired) electrons. The van der Waals surface area contributed by atoms with E-state index in [1.165, 1.54) is 6.07 Å². The predicted molar refractivity (Wildman–Crippen MR) is 138 cm³/mol. The Labute approximate surface area is 213 Å². The monoisotopic (exact) mass is 507 g/mol. The van der Waals surface area contributed by atoms with Crippen LogP contribution >= 0.6 is 0 Å². The van der Waals surface area contributed by atoms with Gasteiger partial charge in [0.15, 0.2) is 0 Å². The summed E-state index contributed by atoms with van der Waals surface area (Å²) in [6.07, 6.45) is -3.34. The van der Waals surface area contributed by atoms with Crippen molar-refractivity contribution >= 4 is 22.6 Å². The first kappa shape index (κ1) is 24.9. The van der Waals surface area contributed by atoms with Gasteiger partial charge in [0.2, 0.25) is 0 Å². The number of piperidine rings is 1. The minimum Gasteiger partial charge on any atom is -0.481 e. The molecule has 0 atom stereocenters. The van der Waals surface area contributed by atoms with E-state index in [0.717, 1.165) is 34.0 Å². The van der Waals surface area contributed by atoms with E-state index in [0.29, 0.717) is 43.6 Å². The van der Waals surface area contributed by atoms with Crippen LogP contribution in [0.1, 0.15) is 35.1 Å². The molecule has 0 aliphatic carbocycles. The molecule has 3 aromatic carbocycles. The van der Waals surface area contributed by atoms with E-state index in [4.69, 9.17) is 0 Å². The Kier molecular flexibility index (Phi) is 6.43. The minimum atomic E-state index is -4.51.